The molecule has 0 radical (unpaired) electrons. The standard InChI is InChI=1S/C24H24N2S2/c1-3-9-19(10-4-1)17-25-23(21-13-7-15-27-21)24(22-14-8-16-28-22)26-18-20-11-5-2-6-12-20/h1-16,23-26H,17-18H2. The zero-order valence-corrected chi connectivity index (χ0v) is 17.3. The summed E-state index contributed by atoms with van der Waals surface area (Å²) in [6.45, 7) is 1.69. The van der Waals surface area contributed by atoms with E-state index in [1.54, 1.807) is 0 Å². The highest BCUT2D eigenvalue weighted by Crippen LogP contribution is 2.34. The van der Waals surface area contributed by atoms with Crippen LogP contribution in [0, 0.1) is 0 Å². The van der Waals surface area contributed by atoms with Crippen molar-refractivity contribution in [2.45, 2.75) is 25.2 Å². The number of hydrogen-bond acceptors (Lipinski definition) is 4. The maximum Gasteiger partial charge on any atom is 0.0623 e. The number of nitrogens with one attached hydrogen (secondary N) is 2. The SMILES string of the molecule is c1ccc(CNC(c2cccs2)C(NCc2ccccc2)c2cccs2)cc1. The number of hydrogen-bond donors (Lipinski definition) is 2. The van der Waals surface area contributed by atoms with Crippen molar-refractivity contribution in [3.05, 3.63) is 117 Å². The van der Waals surface area contributed by atoms with Gasteiger partial charge in [0.15, 0.2) is 0 Å². The van der Waals surface area contributed by atoms with Crippen LogP contribution in [0.5, 0.6) is 0 Å². The highest BCUT2D eigenvalue weighted by atomic mass is 32.1. The Labute approximate surface area is 174 Å². The van der Waals surface area contributed by atoms with Crippen LogP contribution in [-0.2, 0) is 13.1 Å². The Morgan fingerprint density at radius 3 is 1.32 bits per heavy atom. The van der Waals surface area contributed by atoms with Gasteiger partial charge in [-0.15, -0.1) is 22.7 Å². The van der Waals surface area contributed by atoms with Gasteiger partial charge in [0.05, 0.1) is 12.1 Å². The number of benzene rings is 2. The van der Waals surface area contributed by atoms with E-state index in [-0.39, 0.29) is 12.1 Å². The molecule has 2 N–H and O–H groups in total. The van der Waals surface area contributed by atoms with Gasteiger partial charge in [0.1, 0.15) is 0 Å². The number of thiophene rings is 2. The van der Waals surface area contributed by atoms with E-state index in [2.05, 4.69) is 106 Å². The molecule has 142 valence electrons. The monoisotopic (exact) mass is 404 g/mol. The van der Waals surface area contributed by atoms with Crippen molar-refractivity contribution in [1.29, 1.82) is 0 Å². The van der Waals surface area contributed by atoms with Gasteiger partial charge in [-0.3, -0.25) is 0 Å². The molecule has 0 aliphatic heterocycles. The first-order chi connectivity index (χ1) is 13.9. The lowest BCUT2D eigenvalue weighted by molar-refractivity contribution is 0.390. The van der Waals surface area contributed by atoms with E-state index in [9.17, 15) is 0 Å². The molecule has 28 heavy (non-hydrogen) atoms. The Morgan fingerprint density at radius 1 is 0.536 bits per heavy atom. The van der Waals surface area contributed by atoms with E-state index in [0.29, 0.717) is 0 Å². The quantitative estimate of drug-likeness (QED) is 0.348. The molecule has 0 saturated carbocycles. The van der Waals surface area contributed by atoms with Gasteiger partial charge in [-0.1, -0.05) is 72.8 Å². The molecule has 2 nitrogen and oxygen atoms in total. The van der Waals surface area contributed by atoms with Gasteiger partial charge in [0.25, 0.3) is 0 Å². The maximum atomic E-state index is 3.82. The molecule has 2 aromatic carbocycles. The van der Waals surface area contributed by atoms with Crippen LogP contribution in [0.3, 0.4) is 0 Å². The van der Waals surface area contributed by atoms with Crippen LogP contribution < -0.4 is 10.6 Å². The third kappa shape index (κ3) is 4.97. The second-order valence-electron chi connectivity index (χ2n) is 6.72. The number of rotatable bonds is 9. The van der Waals surface area contributed by atoms with E-state index >= 15 is 0 Å². The van der Waals surface area contributed by atoms with Gasteiger partial charge < -0.3 is 10.6 Å². The fraction of sp³-hybridized carbons (Fsp3) is 0.167. The molecule has 0 saturated heterocycles. The van der Waals surface area contributed by atoms with Crippen LogP contribution in [0.15, 0.2) is 95.7 Å². The van der Waals surface area contributed by atoms with E-state index in [1.807, 2.05) is 22.7 Å². The van der Waals surface area contributed by atoms with Crippen LogP contribution in [0.4, 0.5) is 0 Å². The van der Waals surface area contributed by atoms with Gasteiger partial charge in [0, 0.05) is 22.8 Å². The fourth-order valence-corrected chi connectivity index (χ4v) is 5.02. The summed E-state index contributed by atoms with van der Waals surface area (Å²) in [4.78, 5) is 2.71. The molecule has 0 amide bonds. The molecule has 0 aliphatic carbocycles. The van der Waals surface area contributed by atoms with Gasteiger partial charge >= 0.3 is 0 Å². The normalized spacial score (nSPS) is 13.3. The lowest BCUT2D eigenvalue weighted by Gasteiger charge is -2.28. The zero-order chi connectivity index (χ0) is 19.0. The second-order valence-corrected chi connectivity index (χ2v) is 8.68. The van der Waals surface area contributed by atoms with Crippen molar-refractivity contribution in [3.63, 3.8) is 0 Å². The second kappa shape index (κ2) is 9.80. The van der Waals surface area contributed by atoms with E-state index < -0.39 is 0 Å². The largest absolute Gasteiger partial charge is 0.304 e. The van der Waals surface area contributed by atoms with Crippen LogP contribution in [0.25, 0.3) is 0 Å². The summed E-state index contributed by atoms with van der Waals surface area (Å²) >= 11 is 3.63. The highest BCUT2D eigenvalue weighted by Gasteiger charge is 2.26. The molecule has 2 heterocycles. The molecule has 0 spiro atoms. The Kier molecular flexibility index (Phi) is 6.68. The molecular formula is C24H24N2S2. The molecule has 2 atom stereocenters. The van der Waals surface area contributed by atoms with E-state index in [1.165, 1.54) is 20.9 Å². The summed E-state index contributed by atoms with van der Waals surface area (Å²) in [5, 5.41) is 12.0. The fourth-order valence-electron chi connectivity index (χ4n) is 3.35. The topological polar surface area (TPSA) is 24.1 Å². The molecule has 4 heteroatoms. The minimum atomic E-state index is 0.211. The lowest BCUT2D eigenvalue weighted by atomic mass is 10.0. The van der Waals surface area contributed by atoms with Gasteiger partial charge in [0.2, 0.25) is 0 Å². The van der Waals surface area contributed by atoms with E-state index in [4.69, 9.17) is 0 Å². The van der Waals surface area contributed by atoms with Gasteiger partial charge in [-0.05, 0) is 34.0 Å². The first-order valence-electron chi connectivity index (χ1n) is 9.51. The van der Waals surface area contributed by atoms with Crippen LogP contribution in [-0.4, -0.2) is 0 Å². The Morgan fingerprint density at radius 2 is 0.964 bits per heavy atom. The summed E-state index contributed by atoms with van der Waals surface area (Å²) in [5.74, 6) is 0. The lowest BCUT2D eigenvalue weighted by Crippen LogP contribution is -2.34. The van der Waals surface area contributed by atoms with Crippen molar-refractivity contribution < 1.29 is 0 Å². The van der Waals surface area contributed by atoms with Crippen molar-refractivity contribution >= 4 is 22.7 Å². The summed E-state index contributed by atoms with van der Waals surface area (Å²) in [5.41, 5.74) is 2.61. The minimum absolute atomic E-state index is 0.211. The van der Waals surface area contributed by atoms with Crippen molar-refractivity contribution in [2.75, 3.05) is 0 Å². The van der Waals surface area contributed by atoms with Crippen LogP contribution >= 0.6 is 22.7 Å². The van der Waals surface area contributed by atoms with Crippen LogP contribution in [0.2, 0.25) is 0 Å². The molecule has 2 unspecified atom stereocenters. The summed E-state index contributed by atoms with van der Waals surface area (Å²) in [6.07, 6.45) is 0. The van der Waals surface area contributed by atoms with Crippen molar-refractivity contribution in [3.8, 4) is 0 Å². The van der Waals surface area contributed by atoms with Crippen molar-refractivity contribution in [2.24, 2.45) is 0 Å². The average molecular weight is 405 g/mol. The molecule has 0 bridgehead atoms. The third-order valence-corrected chi connectivity index (χ3v) is 6.68. The first kappa shape index (κ1) is 19.1. The van der Waals surface area contributed by atoms with Gasteiger partial charge in [-0.25, -0.2) is 0 Å². The Bertz CT molecular complexity index is 840. The maximum absolute atomic E-state index is 3.82. The molecule has 4 rings (SSSR count). The van der Waals surface area contributed by atoms with Crippen LogP contribution in [0.1, 0.15) is 33.0 Å². The molecule has 4 aromatic rings. The van der Waals surface area contributed by atoms with Crippen molar-refractivity contribution in [1.82, 2.24) is 10.6 Å². The molecule has 0 fully saturated rings. The summed E-state index contributed by atoms with van der Waals surface area (Å²) in [6, 6.07) is 30.4. The molecular weight excluding hydrogens is 380 g/mol. The molecule has 0 aliphatic rings. The minimum Gasteiger partial charge on any atom is -0.304 e. The average Bonchev–Trinajstić information content (AvgIpc) is 3.46. The highest BCUT2D eigenvalue weighted by molar-refractivity contribution is 7.10. The third-order valence-electron chi connectivity index (χ3n) is 4.77. The molecule has 2 aromatic heterocycles. The van der Waals surface area contributed by atoms with E-state index in [0.717, 1.165) is 13.1 Å². The first-order valence-corrected chi connectivity index (χ1v) is 11.3. The van der Waals surface area contributed by atoms with Gasteiger partial charge in [-0.2, -0.15) is 0 Å². The predicted molar refractivity (Wildman–Crippen MR) is 121 cm³/mol. The summed E-state index contributed by atoms with van der Waals surface area (Å²) < 4.78 is 0. The Hall–Kier alpha value is -2.24. The predicted octanol–water partition coefficient (Wildman–Crippen LogP) is 6.17. The summed E-state index contributed by atoms with van der Waals surface area (Å²) in [7, 11) is 0. The zero-order valence-electron chi connectivity index (χ0n) is 15.6. The Balaban J connectivity index is 1.57. The smallest absolute Gasteiger partial charge is 0.0623 e.